The second-order valence-corrected chi connectivity index (χ2v) is 6.08. The minimum absolute atomic E-state index is 0.0606. The van der Waals surface area contributed by atoms with E-state index in [-0.39, 0.29) is 30.8 Å². The molecule has 6 nitrogen and oxygen atoms in total. The van der Waals surface area contributed by atoms with Crippen LogP contribution in [0.5, 0.6) is 0 Å². The van der Waals surface area contributed by atoms with E-state index in [1.54, 1.807) is 27.7 Å². The lowest BCUT2D eigenvalue weighted by molar-refractivity contribution is -0.182. The van der Waals surface area contributed by atoms with Gasteiger partial charge in [-0.05, 0) is 0 Å². The van der Waals surface area contributed by atoms with Crippen molar-refractivity contribution in [1.82, 2.24) is 0 Å². The highest BCUT2D eigenvalue weighted by Crippen LogP contribution is 2.39. The molecule has 0 aromatic carbocycles. The molecule has 2 rings (SSSR count). The molecule has 0 unspecified atom stereocenters. The maximum absolute atomic E-state index is 12.6. The van der Waals surface area contributed by atoms with Crippen molar-refractivity contribution in [2.75, 3.05) is 13.2 Å². The first kappa shape index (κ1) is 15.4. The lowest BCUT2D eigenvalue weighted by Crippen LogP contribution is -2.55. The van der Waals surface area contributed by atoms with Crippen LogP contribution < -0.4 is 0 Å². The van der Waals surface area contributed by atoms with Gasteiger partial charge in [0.1, 0.15) is 18.3 Å². The number of aliphatic hydroxyl groups excluding tert-OH is 1. The number of esters is 1. The molecule has 2 heterocycles. The van der Waals surface area contributed by atoms with Crippen LogP contribution in [0.25, 0.3) is 0 Å². The fourth-order valence-electron chi connectivity index (χ4n) is 2.63. The molecule has 0 aromatic heterocycles. The summed E-state index contributed by atoms with van der Waals surface area (Å²) in [6.45, 7) is 6.91. The van der Waals surface area contributed by atoms with E-state index in [9.17, 15) is 14.7 Å². The summed E-state index contributed by atoms with van der Waals surface area (Å²) < 4.78 is 16.5. The third-order valence-corrected chi connectivity index (χ3v) is 3.77. The quantitative estimate of drug-likeness (QED) is 0.749. The predicted molar refractivity (Wildman–Crippen MR) is 69.0 cm³/mol. The van der Waals surface area contributed by atoms with Crippen molar-refractivity contribution in [3.63, 3.8) is 0 Å². The highest BCUT2D eigenvalue weighted by molar-refractivity contribution is 5.92. The topological polar surface area (TPSA) is 82.1 Å². The van der Waals surface area contributed by atoms with Gasteiger partial charge in [-0.2, -0.15) is 0 Å². The van der Waals surface area contributed by atoms with Crippen LogP contribution in [0.2, 0.25) is 0 Å². The molecule has 0 spiro atoms. The van der Waals surface area contributed by atoms with E-state index in [4.69, 9.17) is 14.2 Å². The van der Waals surface area contributed by atoms with Crippen LogP contribution in [0.15, 0.2) is 0 Å². The van der Waals surface area contributed by atoms with Crippen LogP contribution in [0.1, 0.15) is 27.7 Å². The number of fused-ring (bicyclic) bond motifs is 1. The Morgan fingerprint density at radius 1 is 1.20 bits per heavy atom. The van der Waals surface area contributed by atoms with E-state index >= 15 is 0 Å². The van der Waals surface area contributed by atoms with Gasteiger partial charge in [-0.15, -0.1) is 0 Å². The average Bonchev–Trinajstić information content (AvgIpc) is 2.91. The van der Waals surface area contributed by atoms with E-state index in [2.05, 4.69) is 0 Å². The fourth-order valence-corrected chi connectivity index (χ4v) is 2.63. The molecule has 0 radical (unpaired) electrons. The summed E-state index contributed by atoms with van der Waals surface area (Å²) in [4.78, 5) is 24.5. The number of ketones is 1. The molecule has 20 heavy (non-hydrogen) atoms. The first-order chi connectivity index (χ1) is 9.29. The standard InChI is InChI=1S/C14H22O6/c1-7(2)11(16)14(20-13(17)8(3)4)6-19-10-9(15)5-18-12(10)14/h7-10,12,15H,5-6H2,1-4H3/t9-,10-,12+,14-/m1/s1. The molecular weight excluding hydrogens is 264 g/mol. The summed E-state index contributed by atoms with van der Waals surface area (Å²) in [7, 11) is 0. The van der Waals surface area contributed by atoms with Crippen molar-refractivity contribution in [3.05, 3.63) is 0 Å². The molecule has 2 saturated heterocycles. The first-order valence-corrected chi connectivity index (χ1v) is 6.98. The Morgan fingerprint density at radius 3 is 2.40 bits per heavy atom. The van der Waals surface area contributed by atoms with Gasteiger partial charge in [0.15, 0.2) is 5.78 Å². The lowest BCUT2D eigenvalue weighted by atomic mass is 9.85. The molecule has 4 atom stereocenters. The van der Waals surface area contributed by atoms with Gasteiger partial charge in [-0.1, -0.05) is 27.7 Å². The van der Waals surface area contributed by atoms with Gasteiger partial charge in [-0.25, -0.2) is 0 Å². The number of carbonyl (C=O) groups excluding carboxylic acids is 2. The molecule has 6 heteroatoms. The first-order valence-electron chi connectivity index (χ1n) is 6.98. The molecule has 114 valence electrons. The Kier molecular flexibility index (Phi) is 4.18. The highest BCUT2D eigenvalue weighted by atomic mass is 16.6. The molecule has 0 bridgehead atoms. The summed E-state index contributed by atoms with van der Waals surface area (Å²) >= 11 is 0. The molecule has 0 aromatic rings. The van der Waals surface area contributed by atoms with Gasteiger partial charge < -0.3 is 19.3 Å². The third-order valence-electron chi connectivity index (χ3n) is 3.77. The lowest BCUT2D eigenvalue weighted by Gasteiger charge is -2.32. The van der Waals surface area contributed by atoms with Gasteiger partial charge >= 0.3 is 5.97 Å². The maximum atomic E-state index is 12.6. The summed E-state index contributed by atoms with van der Waals surface area (Å²) in [5.74, 6) is -1.36. The molecular formula is C14H22O6. The second-order valence-electron chi connectivity index (χ2n) is 6.08. The molecule has 0 saturated carbocycles. The van der Waals surface area contributed by atoms with Crippen molar-refractivity contribution in [3.8, 4) is 0 Å². The van der Waals surface area contributed by atoms with Gasteiger partial charge in [0.25, 0.3) is 0 Å². The Morgan fingerprint density at radius 2 is 1.85 bits per heavy atom. The van der Waals surface area contributed by atoms with Crippen LogP contribution in [0.4, 0.5) is 0 Å². The summed E-state index contributed by atoms with van der Waals surface area (Å²) in [6, 6.07) is 0. The zero-order chi connectivity index (χ0) is 15.1. The van der Waals surface area contributed by atoms with Crippen LogP contribution in [-0.2, 0) is 23.8 Å². The Hall–Kier alpha value is -0.980. The SMILES string of the molecule is CC(C)C(=O)O[C@@]1(C(=O)C(C)C)CO[C@@H]2[C@H](O)CO[C@@H]21. The molecule has 2 aliphatic rings. The summed E-state index contributed by atoms with van der Waals surface area (Å²) in [5, 5.41) is 9.79. The molecule has 0 aliphatic carbocycles. The number of ether oxygens (including phenoxy) is 3. The second kappa shape index (κ2) is 5.42. The number of aliphatic hydroxyl groups is 1. The summed E-state index contributed by atoms with van der Waals surface area (Å²) in [6.07, 6.45) is -2.13. The number of hydrogen-bond donors (Lipinski definition) is 1. The normalized spacial score (nSPS) is 36.5. The van der Waals surface area contributed by atoms with E-state index in [1.807, 2.05) is 0 Å². The predicted octanol–water partition coefficient (Wildman–Crippen LogP) is 0.308. The van der Waals surface area contributed by atoms with Crippen molar-refractivity contribution in [1.29, 1.82) is 0 Å². The Bertz CT molecular complexity index is 404. The van der Waals surface area contributed by atoms with E-state index < -0.39 is 29.9 Å². The van der Waals surface area contributed by atoms with Gasteiger partial charge in [0, 0.05) is 5.92 Å². The number of Topliss-reactive ketones (excluding diaryl/α,β-unsaturated/α-hetero) is 1. The van der Waals surface area contributed by atoms with Crippen LogP contribution in [0, 0.1) is 11.8 Å². The minimum atomic E-state index is -1.43. The van der Waals surface area contributed by atoms with Crippen LogP contribution in [0.3, 0.4) is 0 Å². The summed E-state index contributed by atoms with van der Waals surface area (Å²) in [5.41, 5.74) is -1.43. The third kappa shape index (κ3) is 2.36. The number of carbonyl (C=O) groups is 2. The van der Waals surface area contributed by atoms with Crippen molar-refractivity contribution < 1.29 is 28.9 Å². The van der Waals surface area contributed by atoms with E-state index in [0.717, 1.165) is 0 Å². The number of hydrogen-bond acceptors (Lipinski definition) is 6. The maximum Gasteiger partial charge on any atom is 0.309 e. The van der Waals surface area contributed by atoms with Gasteiger partial charge in [0.2, 0.25) is 5.60 Å². The molecule has 2 aliphatic heterocycles. The average molecular weight is 286 g/mol. The largest absolute Gasteiger partial charge is 0.445 e. The Balaban J connectivity index is 2.31. The smallest absolute Gasteiger partial charge is 0.309 e. The highest BCUT2D eigenvalue weighted by Gasteiger charge is 2.63. The van der Waals surface area contributed by atoms with Gasteiger partial charge in [-0.3, -0.25) is 9.59 Å². The van der Waals surface area contributed by atoms with E-state index in [1.165, 1.54) is 0 Å². The zero-order valence-corrected chi connectivity index (χ0v) is 12.3. The number of rotatable bonds is 4. The van der Waals surface area contributed by atoms with Crippen molar-refractivity contribution in [2.45, 2.75) is 51.6 Å². The van der Waals surface area contributed by atoms with Crippen LogP contribution >= 0.6 is 0 Å². The van der Waals surface area contributed by atoms with E-state index in [0.29, 0.717) is 0 Å². The molecule has 1 N–H and O–H groups in total. The monoisotopic (exact) mass is 286 g/mol. The fraction of sp³-hybridized carbons (Fsp3) is 0.857. The zero-order valence-electron chi connectivity index (χ0n) is 12.3. The Labute approximate surface area is 118 Å². The van der Waals surface area contributed by atoms with Crippen molar-refractivity contribution >= 4 is 11.8 Å². The van der Waals surface area contributed by atoms with Gasteiger partial charge in [0.05, 0.1) is 19.1 Å². The van der Waals surface area contributed by atoms with Crippen molar-refractivity contribution in [2.24, 2.45) is 11.8 Å². The molecule has 0 amide bonds. The molecule has 2 fully saturated rings. The van der Waals surface area contributed by atoms with Crippen LogP contribution in [-0.4, -0.2) is 54.0 Å². The minimum Gasteiger partial charge on any atom is -0.445 e.